The van der Waals surface area contributed by atoms with Crippen molar-refractivity contribution in [2.45, 2.75) is 60.8 Å². The maximum absolute atomic E-state index is 4.62. The summed E-state index contributed by atoms with van der Waals surface area (Å²) in [5, 5.41) is 5.05. The van der Waals surface area contributed by atoms with Gasteiger partial charge in [-0.05, 0) is 102 Å². The van der Waals surface area contributed by atoms with Crippen molar-refractivity contribution in [1.82, 2.24) is 0 Å². The molecule has 0 aliphatic heterocycles. The van der Waals surface area contributed by atoms with Gasteiger partial charge < -0.3 is 0 Å². The Morgan fingerprint density at radius 3 is 2.22 bits per heavy atom. The third-order valence-corrected chi connectivity index (χ3v) is 10.1. The van der Waals surface area contributed by atoms with Crippen molar-refractivity contribution in [3.05, 3.63) is 165 Å². The Morgan fingerprint density at radius 1 is 0.761 bits per heavy atom. The second kappa shape index (κ2) is 12.3. The van der Waals surface area contributed by atoms with Gasteiger partial charge in [-0.15, -0.1) is 0 Å². The smallest absolute Gasteiger partial charge is 0.0966 e. The van der Waals surface area contributed by atoms with E-state index in [4.69, 9.17) is 0 Å². The number of fused-ring (bicyclic) bond motifs is 4. The van der Waals surface area contributed by atoms with Gasteiger partial charge in [-0.3, -0.25) is 0 Å². The predicted molar refractivity (Wildman–Crippen MR) is 204 cm³/mol. The van der Waals surface area contributed by atoms with Gasteiger partial charge in [-0.2, -0.15) is 0 Å². The molecule has 0 saturated carbocycles. The van der Waals surface area contributed by atoms with Crippen LogP contribution in [0.5, 0.6) is 0 Å². The molecule has 1 aliphatic rings. The summed E-state index contributed by atoms with van der Waals surface area (Å²) in [4.78, 5) is 0. The SMILES string of the molecule is C=C(C)/C(B(C(=C/C)/C=C(\C)c1ccc2c(c1)C(C)(C)c1ccccc1-2)c1c(C)ccc2ccccc12)=c1/ccc(C)c/c1=C/C. The molecule has 0 N–H and O–H groups in total. The number of allylic oxidation sites excluding steroid dienone is 5. The van der Waals surface area contributed by atoms with Gasteiger partial charge in [0, 0.05) is 5.41 Å². The van der Waals surface area contributed by atoms with Gasteiger partial charge in [-0.25, -0.2) is 0 Å². The van der Waals surface area contributed by atoms with E-state index in [1.54, 1.807) is 0 Å². The average Bonchev–Trinajstić information content (AvgIpc) is 3.28. The van der Waals surface area contributed by atoms with Gasteiger partial charge in [0.15, 0.2) is 0 Å². The molecule has 0 atom stereocenters. The maximum Gasteiger partial charge on any atom is 0.243 e. The quantitative estimate of drug-likeness (QED) is 0.135. The van der Waals surface area contributed by atoms with Crippen molar-refractivity contribution in [1.29, 1.82) is 0 Å². The molecule has 1 heteroatoms. The van der Waals surface area contributed by atoms with E-state index < -0.39 is 0 Å². The third-order valence-electron chi connectivity index (χ3n) is 10.1. The predicted octanol–water partition coefficient (Wildman–Crippen LogP) is 9.82. The minimum atomic E-state index is -0.0341. The van der Waals surface area contributed by atoms with Crippen molar-refractivity contribution in [3.8, 4) is 11.1 Å². The Morgan fingerprint density at radius 2 is 1.48 bits per heavy atom. The summed E-state index contributed by atoms with van der Waals surface area (Å²) in [6.07, 6.45) is 6.98. The molecule has 6 rings (SSSR count). The van der Waals surface area contributed by atoms with Crippen LogP contribution in [0.15, 0.2) is 127 Å². The van der Waals surface area contributed by atoms with Gasteiger partial charge in [0.05, 0.1) is 0 Å². The molecule has 0 bridgehead atoms. The van der Waals surface area contributed by atoms with E-state index in [0.29, 0.717) is 0 Å². The topological polar surface area (TPSA) is 0 Å². The summed E-state index contributed by atoms with van der Waals surface area (Å²) in [5.41, 5.74) is 15.6. The zero-order valence-electron chi connectivity index (χ0n) is 28.8. The highest BCUT2D eigenvalue weighted by Crippen LogP contribution is 2.49. The summed E-state index contributed by atoms with van der Waals surface area (Å²) >= 11 is 0. The second-order valence-corrected chi connectivity index (χ2v) is 13.6. The van der Waals surface area contributed by atoms with Crippen molar-refractivity contribution in [2.24, 2.45) is 0 Å². The van der Waals surface area contributed by atoms with Crippen LogP contribution in [0.25, 0.3) is 39.0 Å². The number of hydrogen-bond donors (Lipinski definition) is 0. The van der Waals surface area contributed by atoms with E-state index in [9.17, 15) is 0 Å². The van der Waals surface area contributed by atoms with Crippen LogP contribution in [-0.4, -0.2) is 6.71 Å². The molecule has 0 radical (unpaired) electrons. The molecule has 5 aromatic carbocycles. The number of aryl methyl sites for hydroxylation is 2. The van der Waals surface area contributed by atoms with Gasteiger partial charge >= 0.3 is 0 Å². The first-order valence-corrected chi connectivity index (χ1v) is 16.6. The molecule has 0 nitrogen and oxygen atoms in total. The minimum absolute atomic E-state index is 0.0000732. The van der Waals surface area contributed by atoms with Crippen LogP contribution >= 0.6 is 0 Å². The molecule has 46 heavy (non-hydrogen) atoms. The molecule has 0 aromatic heterocycles. The highest BCUT2D eigenvalue weighted by atomic mass is 14.4. The summed E-state index contributed by atoms with van der Waals surface area (Å²) in [6, 6.07) is 36.1. The molecular formula is C45H45B. The number of benzene rings is 5. The van der Waals surface area contributed by atoms with Crippen LogP contribution in [0.1, 0.15) is 69.4 Å². The lowest BCUT2D eigenvalue weighted by Gasteiger charge is -2.25. The lowest BCUT2D eigenvalue weighted by Crippen LogP contribution is -2.42. The van der Waals surface area contributed by atoms with Crippen molar-refractivity contribution >= 4 is 40.1 Å². The van der Waals surface area contributed by atoms with Crippen LogP contribution < -0.4 is 15.9 Å². The fourth-order valence-corrected chi connectivity index (χ4v) is 7.68. The zero-order valence-corrected chi connectivity index (χ0v) is 28.8. The first-order valence-electron chi connectivity index (χ1n) is 16.6. The summed E-state index contributed by atoms with van der Waals surface area (Å²) < 4.78 is 0. The van der Waals surface area contributed by atoms with Crippen LogP contribution in [0, 0.1) is 13.8 Å². The van der Waals surface area contributed by atoms with E-state index in [0.717, 1.165) is 5.57 Å². The van der Waals surface area contributed by atoms with E-state index in [1.165, 1.54) is 82.1 Å². The highest BCUT2D eigenvalue weighted by molar-refractivity contribution is 6.97. The standard InChI is InChI=1S/C45H45B/c1-10-33-26-30(5)20-24-38(33)43(29(3)4)46(44-31(6)21-22-34-16-12-13-17-37(34)44)36(11-2)27-32(7)35-23-25-40-39-18-14-15-19-41(39)45(8,9)42(40)28-35/h10-28H,3H2,1-2,4-9H3/b32-27+,33-10-,36-11+,43-38+. The summed E-state index contributed by atoms with van der Waals surface area (Å²) in [5.74, 6) is 0. The van der Waals surface area contributed by atoms with Crippen molar-refractivity contribution in [2.75, 3.05) is 0 Å². The third kappa shape index (κ3) is 5.33. The Balaban J connectivity index is 1.61. The van der Waals surface area contributed by atoms with Crippen LogP contribution in [0.4, 0.5) is 0 Å². The molecule has 1 aliphatic carbocycles. The number of rotatable bonds is 6. The summed E-state index contributed by atoms with van der Waals surface area (Å²) in [7, 11) is 0. The molecule has 0 amide bonds. The molecule has 5 aromatic rings. The Labute approximate surface area is 276 Å². The molecular weight excluding hydrogens is 551 g/mol. The van der Waals surface area contributed by atoms with E-state index in [2.05, 4.69) is 177 Å². The largest absolute Gasteiger partial charge is 0.243 e. The average molecular weight is 597 g/mol. The monoisotopic (exact) mass is 596 g/mol. The molecule has 0 unspecified atom stereocenters. The first-order chi connectivity index (χ1) is 22.1. The normalized spacial score (nSPS) is 15.1. The van der Waals surface area contributed by atoms with Gasteiger partial charge in [0.25, 0.3) is 0 Å². The molecule has 0 spiro atoms. The lowest BCUT2D eigenvalue weighted by molar-refractivity contribution is 0.660. The lowest BCUT2D eigenvalue weighted by atomic mass is 9.33. The van der Waals surface area contributed by atoms with Crippen molar-refractivity contribution in [3.63, 3.8) is 0 Å². The van der Waals surface area contributed by atoms with E-state index >= 15 is 0 Å². The van der Waals surface area contributed by atoms with Gasteiger partial charge in [0.2, 0.25) is 6.71 Å². The maximum atomic E-state index is 4.62. The first kappa shape index (κ1) is 31.4. The van der Waals surface area contributed by atoms with E-state index in [1.807, 2.05) is 0 Å². The minimum Gasteiger partial charge on any atom is -0.0966 e. The Kier molecular flexibility index (Phi) is 8.38. The summed E-state index contributed by atoms with van der Waals surface area (Å²) in [6.45, 7) is 22.5. The van der Waals surface area contributed by atoms with Gasteiger partial charge in [0.1, 0.15) is 0 Å². The zero-order chi connectivity index (χ0) is 32.7. The molecule has 228 valence electrons. The fourth-order valence-electron chi connectivity index (χ4n) is 7.68. The van der Waals surface area contributed by atoms with Crippen LogP contribution in [0.3, 0.4) is 0 Å². The fraction of sp³-hybridized carbons (Fsp3) is 0.200. The molecule has 0 fully saturated rings. The molecule has 0 heterocycles. The van der Waals surface area contributed by atoms with Crippen LogP contribution in [-0.2, 0) is 5.41 Å². The Hall–Kier alpha value is -4.62. The van der Waals surface area contributed by atoms with E-state index in [-0.39, 0.29) is 12.1 Å². The highest BCUT2D eigenvalue weighted by Gasteiger charge is 2.35. The Bertz CT molecular complexity index is 2200. The van der Waals surface area contributed by atoms with Gasteiger partial charge in [-0.1, -0.05) is 163 Å². The second-order valence-electron chi connectivity index (χ2n) is 13.6. The van der Waals surface area contributed by atoms with Crippen LogP contribution in [0.2, 0.25) is 0 Å². The van der Waals surface area contributed by atoms with Crippen molar-refractivity contribution < 1.29 is 0 Å². The molecule has 0 saturated heterocycles. The number of hydrogen-bond acceptors (Lipinski definition) is 0.